The summed E-state index contributed by atoms with van der Waals surface area (Å²) in [4.78, 5) is 23.7. The first kappa shape index (κ1) is 28.1. The summed E-state index contributed by atoms with van der Waals surface area (Å²) in [7, 11) is 4.00. The Kier molecular flexibility index (Phi) is 7.58. The number of nitrogens with zero attached hydrogens (tertiary/aromatic N) is 6. The van der Waals surface area contributed by atoms with Crippen LogP contribution in [0.1, 0.15) is 5.56 Å². The van der Waals surface area contributed by atoms with E-state index in [0.29, 0.717) is 58.5 Å². The number of nitrogens with one attached hydrogen (secondary N) is 3. The zero-order chi connectivity index (χ0) is 30.8. The minimum atomic E-state index is -0.327. The van der Waals surface area contributed by atoms with Crippen LogP contribution < -0.4 is 10.1 Å². The van der Waals surface area contributed by atoms with E-state index < -0.39 is 0 Å². The number of anilines is 1. The number of imidazole rings is 1. The number of aromatic amines is 2. The van der Waals surface area contributed by atoms with Crippen LogP contribution in [0.2, 0.25) is 0 Å². The van der Waals surface area contributed by atoms with Crippen LogP contribution in [0.4, 0.5) is 10.1 Å². The van der Waals surface area contributed by atoms with Crippen LogP contribution in [0.25, 0.3) is 56.0 Å². The van der Waals surface area contributed by atoms with Gasteiger partial charge in [-0.3, -0.25) is 15.1 Å². The number of likely N-dealkylation sites (N-methyl/N-ethyl adjacent to an activating group) is 1. The Balaban J connectivity index is 1.20. The van der Waals surface area contributed by atoms with E-state index in [0.717, 1.165) is 34.1 Å². The molecule has 5 heterocycles. The SMILES string of the molecule is CN(C)CCNc1cc(F)cc(-c2ccnc3nc(-c4n[nH]c5cnc(-c6cncc(OCc7ccccc7)c6)cc45)[nH]c23)c1. The van der Waals surface area contributed by atoms with Crippen molar-refractivity contribution in [3.05, 3.63) is 103 Å². The molecule has 0 aliphatic carbocycles. The van der Waals surface area contributed by atoms with Crippen LogP contribution >= 0.6 is 0 Å². The van der Waals surface area contributed by atoms with Crippen LogP contribution in [0, 0.1) is 5.82 Å². The quantitative estimate of drug-likeness (QED) is 0.167. The average Bonchev–Trinajstić information content (AvgIpc) is 3.68. The van der Waals surface area contributed by atoms with Gasteiger partial charge in [0.1, 0.15) is 23.9 Å². The van der Waals surface area contributed by atoms with Crippen LogP contribution in [-0.4, -0.2) is 67.2 Å². The zero-order valence-corrected chi connectivity index (χ0v) is 24.8. The summed E-state index contributed by atoms with van der Waals surface area (Å²) in [5.74, 6) is 0.856. The second-order valence-electron chi connectivity index (χ2n) is 11.0. The van der Waals surface area contributed by atoms with E-state index in [-0.39, 0.29) is 5.82 Å². The van der Waals surface area contributed by atoms with E-state index in [9.17, 15) is 4.39 Å². The van der Waals surface area contributed by atoms with Gasteiger partial charge in [-0.1, -0.05) is 30.3 Å². The number of aromatic nitrogens is 7. The molecule has 0 aliphatic heterocycles. The third kappa shape index (κ3) is 6.06. The van der Waals surface area contributed by atoms with Gasteiger partial charge in [-0.25, -0.2) is 14.4 Å². The van der Waals surface area contributed by atoms with Gasteiger partial charge in [0.05, 0.1) is 29.1 Å². The molecular formula is C34H30FN9O. The summed E-state index contributed by atoms with van der Waals surface area (Å²) in [5.41, 5.74) is 7.37. The highest BCUT2D eigenvalue weighted by Crippen LogP contribution is 2.33. The number of hydrogen-bond acceptors (Lipinski definition) is 8. The molecule has 0 fully saturated rings. The van der Waals surface area contributed by atoms with Gasteiger partial charge in [-0.2, -0.15) is 5.10 Å². The molecule has 5 aromatic heterocycles. The fraction of sp³-hybridized carbons (Fsp3) is 0.147. The molecule has 45 heavy (non-hydrogen) atoms. The lowest BCUT2D eigenvalue weighted by molar-refractivity contribution is 0.305. The lowest BCUT2D eigenvalue weighted by Gasteiger charge is -2.13. The summed E-state index contributed by atoms with van der Waals surface area (Å²) in [5, 5.41) is 11.7. The predicted molar refractivity (Wildman–Crippen MR) is 173 cm³/mol. The number of hydrogen-bond donors (Lipinski definition) is 3. The minimum absolute atomic E-state index is 0.327. The summed E-state index contributed by atoms with van der Waals surface area (Å²) in [6.07, 6.45) is 6.86. The Bertz CT molecular complexity index is 2110. The van der Waals surface area contributed by atoms with Crippen molar-refractivity contribution in [1.82, 2.24) is 40.0 Å². The van der Waals surface area contributed by atoms with Crippen molar-refractivity contribution in [1.29, 1.82) is 0 Å². The van der Waals surface area contributed by atoms with Crippen LogP contribution in [0.3, 0.4) is 0 Å². The molecule has 0 bridgehead atoms. The van der Waals surface area contributed by atoms with E-state index >= 15 is 0 Å². The average molecular weight is 600 g/mol. The third-order valence-corrected chi connectivity index (χ3v) is 7.42. The van der Waals surface area contributed by atoms with E-state index in [1.54, 1.807) is 24.8 Å². The van der Waals surface area contributed by atoms with Crippen molar-refractivity contribution >= 4 is 27.8 Å². The molecule has 11 heteroatoms. The third-order valence-electron chi connectivity index (χ3n) is 7.42. The van der Waals surface area contributed by atoms with Crippen molar-refractivity contribution in [2.24, 2.45) is 0 Å². The highest BCUT2D eigenvalue weighted by Gasteiger charge is 2.18. The molecular weight excluding hydrogens is 569 g/mol. The van der Waals surface area contributed by atoms with Crippen molar-refractivity contribution < 1.29 is 9.13 Å². The van der Waals surface area contributed by atoms with Gasteiger partial charge in [0.15, 0.2) is 11.5 Å². The predicted octanol–water partition coefficient (Wildman–Crippen LogP) is 6.32. The lowest BCUT2D eigenvalue weighted by atomic mass is 10.0. The second kappa shape index (κ2) is 12.1. The van der Waals surface area contributed by atoms with Gasteiger partial charge in [-0.15, -0.1) is 0 Å². The van der Waals surface area contributed by atoms with Crippen LogP contribution in [0.5, 0.6) is 5.75 Å². The van der Waals surface area contributed by atoms with Gasteiger partial charge < -0.3 is 19.9 Å². The van der Waals surface area contributed by atoms with Crippen molar-refractivity contribution in [2.45, 2.75) is 6.61 Å². The molecule has 0 radical (unpaired) electrons. The maximum absolute atomic E-state index is 14.7. The highest BCUT2D eigenvalue weighted by molar-refractivity contribution is 5.97. The van der Waals surface area contributed by atoms with Crippen molar-refractivity contribution in [3.8, 4) is 39.7 Å². The standard InChI is InChI=1S/C34H30FN9O/c1-44(2)11-10-37-25-13-22(12-24(35)15-25)27-8-9-38-33-31(27)40-34(41-33)32-28-16-29(39-19-30(28)42-43-32)23-14-26(18-36-17-23)45-20-21-6-4-3-5-7-21/h3-9,12-19,37H,10-11,20H2,1-2H3,(H,42,43)(H,38,40,41). The van der Waals surface area contributed by atoms with Gasteiger partial charge in [-0.05, 0) is 61.6 Å². The van der Waals surface area contributed by atoms with Gasteiger partial charge in [0, 0.05) is 47.7 Å². The number of fused-ring (bicyclic) bond motifs is 2. The molecule has 0 spiro atoms. The fourth-order valence-corrected chi connectivity index (χ4v) is 5.17. The molecule has 3 N–H and O–H groups in total. The Morgan fingerprint density at radius 1 is 0.933 bits per heavy atom. The molecule has 7 aromatic rings. The number of H-pyrrole nitrogens is 2. The van der Waals surface area contributed by atoms with E-state index in [4.69, 9.17) is 9.72 Å². The number of rotatable bonds is 10. The van der Waals surface area contributed by atoms with E-state index in [1.807, 2.05) is 68.7 Å². The molecule has 7 rings (SSSR count). The Hall–Kier alpha value is -5.68. The topological polar surface area (TPSA) is 121 Å². The molecule has 0 atom stereocenters. The minimum Gasteiger partial charge on any atom is -0.487 e. The van der Waals surface area contributed by atoms with Crippen LogP contribution in [-0.2, 0) is 6.61 Å². The Morgan fingerprint density at radius 2 is 1.82 bits per heavy atom. The molecule has 10 nitrogen and oxygen atoms in total. The second-order valence-corrected chi connectivity index (χ2v) is 11.0. The number of benzene rings is 2. The van der Waals surface area contributed by atoms with Gasteiger partial charge in [0.25, 0.3) is 0 Å². The van der Waals surface area contributed by atoms with Crippen LogP contribution in [0.15, 0.2) is 91.5 Å². The summed E-state index contributed by atoms with van der Waals surface area (Å²) < 4.78 is 20.7. The van der Waals surface area contributed by atoms with Crippen molar-refractivity contribution in [3.63, 3.8) is 0 Å². The lowest BCUT2D eigenvalue weighted by Crippen LogP contribution is -2.20. The molecule has 0 unspecified atom stereocenters. The Labute approximate surface area is 258 Å². The zero-order valence-electron chi connectivity index (χ0n) is 24.8. The van der Waals surface area contributed by atoms with Crippen molar-refractivity contribution in [2.75, 3.05) is 32.5 Å². The summed E-state index contributed by atoms with van der Waals surface area (Å²) in [6.45, 7) is 1.96. The molecule has 224 valence electrons. The molecule has 0 saturated carbocycles. The normalized spacial score (nSPS) is 11.5. The molecule has 0 amide bonds. The first-order valence-electron chi connectivity index (χ1n) is 14.5. The first-order chi connectivity index (χ1) is 22.0. The largest absolute Gasteiger partial charge is 0.487 e. The van der Waals surface area contributed by atoms with E-state index in [2.05, 4.69) is 40.3 Å². The molecule has 2 aromatic carbocycles. The Morgan fingerprint density at radius 3 is 2.69 bits per heavy atom. The smallest absolute Gasteiger partial charge is 0.178 e. The number of pyridine rings is 3. The molecule has 0 aliphatic rings. The summed E-state index contributed by atoms with van der Waals surface area (Å²) >= 11 is 0. The maximum Gasteiger partial charge on any atom is 0.178 e. The summed E-state index contributed by atoms with van der Waals surface area (Å²) in [6, 6.07) is 20.6. The monoisotopic (exact) mass is 599 g/mol. The fourth-order valence-electron chi connectivity index (χ4n) is 5.17. The number of halogens is 1. The maximum atomic E-state index is 14.7. The number of ether oxygens (including phenoxy) is 1. The van der Waals surface area contributed by atoms with Gasteiger partial charge in [0.2, 0.25) is 0 Å². The first-order valence-corrected chi connectivity index (χ1v) is 14.5. The van der Waals surface area contributed by atoms with Gasteiger partial charge >= 0.3 is 0 Å². The van der Waals surface area contributed by atoms with E-state index in [1.165, 1.54) is 12.1 Å². The highest BCUT2D eigenvalue weighted by atomic mass is 19.1. The molecule has 0 saturated heterocycles.